The summed E-state index contributed by atoms with van der Waals surface area (Å²) in [7, 11) is 0. The number of benzene rings is 2. The average molecular weight is 406 g/mol. The molecule has 0 spiro atoms. The van der Waals surface area contributed by atoms with Crippen molar-refractivity contribution in [2.75, 3.05) is 0 Å². The van der Waals surface area contributed by atoms with Crippen LogP contribution in [0.15, 0.2) is 16.5 Å². The molecule has 1 aliphatic carbocycles. The maximum Gasteiger partial charge on any atom is 0.170 e. The highest BCUT2D eigenvalue weighted by Crippen LogP contribution is 2.42. The third-order valence-corrected chi connectivity index (χ3v) is 6.42. The van der Waals surface area contributed by atoms with Crippen LogP contribution in [0.4, 0.5) is 17.6 Å². The first kappa shape index (κ1) is 20.2. The number of halogens is 4. The van der Waals surface area contributed by atoms with E-state index in [0.29, 0.717) is 24.3 Å². The summed E-state index contributed by atoms with van der Waals surface area (Å²) in [6, 6.07) is 2.90. The molecule has 0 saturated heterocycles. The molecule has 0 N–H and O–H groups in total. The first-order valence-corrected chi connectivity index (χ1v) is 10.7. The van der Waals surface area contributed by atoms with Gasteiger partial charge in [0.2, 0.25) is 0 Å². The lowest BCUT2D eigenvalue weighted by Gasteiger charge is -2.28. The molecule has 0 atom stereocenters. The number of furan rings is 1. The first-order chi connectivity index (χ1) is 14.0. The molecule has 1 heterocycles. The van der Waals surface area contributed by atoms with E-state index in [2.05, 4.69) is 6.92 Å². The fourth-order valence-corrected chi connectivity index (χ4v) is 4.94. The summed E-state index contributed by atoms with van der Waals surface area (Å²) in [6.45, 7) is 4.02. The fourth-order valence-electron chi connectivity index (χ4n) is 4.94. The number of aryl methyl sites for hydroxylation is 1. The number of hydrogen-bond acceptors (Lipinski definition) is 1. The fraction of sp³-hybridized carbons (Fsp3) is 0.500. The van der Waals surface area contributed by atoms with Crippen LogP contribution in [-0.2, 0) is 6.42 Å². The van der Waals surface area contributed by atoms with Crippen LogP contribution in [0.1, 0.15) is 75.8 Å². The zero-order valence-corrected chi connectivity index (χ0v) is 16.9. The average Bonchev–Trinajstić information content (AvgIpc) is 3.08. The minimum atomic E-state index is -1.17. The Morgan fingerprint density at radius 1 is 0.793 bits per heavy atom. The second-order valence-corrected chi connectivity index (χ2v) is 8.36. The predicted octanol–water partition coefficient (Wildman–Crippen LogP) is 8.17. The Labute approximate surface area is 168 Å². The van der Waals surface area contributed by atoms with E-state index in [4.69, 9.17) is 4.42 Å². The van der Waals surface area contributed by atoms with Crippen LogP contribution in [0.25, 0.3) is 21.9 Å². The van der Waals surface area contributed by atoms with Crippen molar-refractivity contribution in [2.45, 2.75) is 71.1 Å². The molecule has 0 bridgehead atoms. The molecule has 1 saturated carbocycles. The molecule has 0 radical (unpaired) electrons. The molecule has 29 heavy (non-hydrogen) atoms. The van der Waals surface area contributed by atoms with Gasteiger partial charge in [0.25, 0.3) is 0 Å². The first-order valence-electron chi connectivity index (χ1n) is 10.7. The minimum Gasteiger partial charge on any atom is -0.456 e. The second kappa shape index (κ2) is 8.00. The minimum absolute atomic E-state index is 0.0597. The molecule has 1 aliphatic rings. The molecule has 0 unspecified atom stereocenters. The Bertz CT molecular complexity index is 1040. The van der Waals surface area contributed by atoms with Crippen molar-refractivity contribution in [3.8, 4) is 0 Å². The van der Waals surface area contributed by atoms with Crippen LogP contribution in [0.2, 0.25) is 0 Å². The van der Waals surface area contributed by atoms with E-state index in [1.807, 2.05) is 6.92 Å². The Morgan fingerprint density at radius 2 is 1.41 bits per heavy atom. The maximum atomic E-state index is 15.0. The van der Waals surface area contributed by atoms with E-state index in [9.17, 15) is 13.2 Å². The molecule has 0 aliphatic heterocycles. The molecule has 1 fully saturated rings. The second-order valence-electron chi connectivity index (χ2n) is 8.36. The van der Waals surface area contributed by atoms with Gasteiger partial charge < -0.3 is 4.42 Å². The van der Waals surface area contributed by atoms with Crippen molar-refractivity contribution in [1.82, 2.24) is 0 Å². The van der Waals surface area contributed by atoms with Gasteiger partial charge >= 0.3 is 0 Å². The summed E-state index contributed by atoms with van der Waals surface area (Å²) in [4.78, 5) is 0. The van der Waals surface area contributed by atoms with Gasteiger partial charge in [-0.3, -0.25) is 0 Å². The molecular weight excluding hydrogens is 380 g/mol. The largest absolute Gasteiger partial charge is 0.456 e. The van der Waals surface area contributed by atoms with Crippen molar-refractivity contribution < 1.29 is 22.0 Å². The Balaban J connectivity index is 1.81. The predicted molar refractivity (Wildman–Crippen MR) is 107 cm³/mol. The van der Waals surface area contributed by atoms with Crippen LogP contribution in [-0.4, -0.2) is 0 Å². The third kappa shape index (κ3) is 3.43. The number of rotatable bonds is 5. The van der Waals surface area contributed by atoms with Crippen LogP contribution >= 0.6 is 0 Å². The zero-order valence-electron chi connectivity index (χ0n) is 16.9. The van der Waals surface area contributed by atoms with Gasteiger partial charge in [-0.15, -0.1) is 0 Å². The normalized spacial score (nSPS) is 20.1. The third-order valence-electron chi connectivity index (χ3n) is 6.42. The summed E-state index contributed by atoms with van der Waals surface area (Å²) >= 11 is 0. The van der Waals surface area contributed by atoms with Crippen LogP contribution in [0, 0.1) is 29.2 Å². The highest BCUT2D eigenvalue weighted by atomic mass is 19.2. The summed E-state index contributed by atoms with van der Waals surface area (Å²) < 4.78 is 64.8. The topological polar surface area (TPSA) is 13.1 Å². The van der Waals surface area contributed by atoms with E-state index in [0.717, 1.165) is 38.5 Å². The molecular formula is C24H26F4O. The van der Waals surface area contributed by atoms with E-state index in [-0.39, 0.29) is 33.4 Å². The van der Waals surface area contributed by atoms with Gasteiger partial charge in [0.1, 0.15) is 11.2 Å². The van der Waals surface area contributed by atoms with Gasteiger partial charge in [-0.1, -0.05) is 33.1 Å². The lowest BCUT2D eigenvalue weighted by atomic mass is 9.77. The summed E-state index contributed by atoms with van der Waals surface area (Å²) in [5.74, 6) is -3.72. The maximum absolute atomic E-state index is 15.0. The molecule has 0 amide bonds. The molecule has 3 aromatic rings. The summed E-state index contributed by atoms with van der Waals surface area (Å²) in [6.07, 6.45) is 6.87. The van der Waals surface area contributed by atoms with E-state index < -0.39 is 23.3 Å². The quantitative estimate of drug-likeness (QED) is 0.390. The van der Waals surface area contributed by atoms with Crippen molar-refractivity contribution in [3.05, 3.63) is 46.5 Å². The Kier molecular flexibility index (Phi) is 5.58. The zero-order chi connectivity index (χ0) is 20.7. The van der Waals surface area contributed by atoms with Crippen molar-refractivity contribution in [2.24, 2.45) is 5.92 Å². The molecule has 2 aromatic carbocycles. The van der Waals surface area contributed by atoms with Gasteiger partial charge in [0.05, 0.1) is 10.8 Å². The van der Waals surface area contributed by atoms with Crippen LogP contribution in [0.5, 0.6) is 0 Å². The molecule has 4 rings (SSSR count). The highest BCUT2D eigenvalue weighted by Gasteiger charge is 2.29. The van der Waals surface area contributed by atoms with E-state index in [1.54, 1.807) is 0 Å². The number of fused-ring (bicyclic) bond motifs is 3. The molecule has 1 nitrogen and oxygen atoms in total. The number of hydrogen-bond donors (Lipinski definition) is 0. The van der Waals surface area contributed by atoms with Crippen LogP contribution < -0.4 is 0 Å². The van der Waals surface area contributed by atoms with Crippen molar-refractivity contribution >= 4 is 21.9 Å². The van der Waals surface area contributed by atoms with Gasteiger partial charge in [-0.05, 0) is 67.2 Å². The lowest BCUT2D eigenvalue weighted by molar-refractivity contribution is 0.303. The SMILES string of the molecule is CCCc1cc2oc3cc(C4CCC(CCC)CC4)c(F)c(F)c3c2c(F)c1F. The monoisotopic (exact) mass is 406 g/mol. The standard InChI is InChI=1S/C24H26F4O/c1-3-5-13-7-9-14(10-8-13)16-12-18-20(24(28)22(16)26)19-17(29-18)11-15(6-4-2)21(25)23(19)27/h11-14H,3-10H2,1-2H3. The molecule has 156 valence electrons. The Morgan fingerprint density at radius 3 is 2.03 bits per heavy atom. The van der Waals surface area contributed by atoms with E-state index in [1.165, 1.54) is 12.1 Å². The van der Waals surface area contributed by atoms with Gasteiger partial charge in [0, 0.05) is 0 Å². The molecule has 1 aromatic heterocycles. The van der Waals surface area contributed by atoms with Gasteiger partial charge in [-0.2, -0.15) is 0 Å². The van der Waals surface area contributed by atoms with Gasteiger partial charge in [0.15, 0.2) is 23.3 Å². The highest BCUT2D eigenvalue weighted by molar-refractivity contribution is 6.06. The van der Waals surface area contributed by atoms with E-state index >= 15 is 4.39 Å². The van der Waals surface area contributed by atoms with Crippen molar-refractivity contribution in [3.63, 3.8) is 0 Å². The summed E-state index contributed by atoms with van der Waals surface area (Å²) in [5.41, 5.74) is 0.617. The lowest BCUT2D eigenvalue weighted by Crippen LogP contribution is -2.14. The van der Waals surface area contributed by atoms with Crippen molar-refractivity contribution in [1.29, 1.82) is 0 Å². The summed E-state index contributed by atoms with van der Waals surface area (Å²) in [5, 5.41) is -0.618. The Hall–Kier alpha value is -2.04. The van der Waals surface area contributed by atoms with Crippen LogP contribution in [0.3, 0.4) is 0 Å². The van der Waals surface area contributed by atoms with Gasteiger partial charge in [-0.25, -0.2) is 17.6 Å². The molecule has 5 heteroatoms. The smallest absolute Gasteiger partial charge is 0.170 e.